The van der Waals surface area contributed by atoms with Crippen LogP contribution in [0.2, 0.25) is 0 Å². The van der Waals surface area contributed by atoms with Crippen molar-refractivity contribution in [1.82, 2.24) is 19.7 Å². The number of rotatable bonds is 4. The summed E-state index contributed by atoms with van der Waals surface area (Å²) in [5, 5.41) is 4.08. The van der Waals surface area contributed by atoms with Gasteiger partial charge in [-0.3, -0.25) is 9.48 Å². The highest BCUT2D eigenvalue weighted by Crippen LogP contribution is 2.24. The molecule has 0 saturated carbocycles. The SMILES string of the molecule is COc1ccccc1C(=O)N1CC(Cn2cncn2)C1. The van der Waals surface area contributed by atoms with E-state index in [0.717, 1.165) is 19.6 Å². The van der Waals surface area contributed by atoms with Gasteiger partial charge in [0, 0.05) is 25.6 Å². The van der Waals surface area contributed by atoms with Crippen molar-refractivity contribution in [3.05, 3.63) is 42.5 Å². The number of hydrogen-bond acceptors (Lipinski definition) is 4. The molecule has 0 N–H and O–H groups in total. The summed E-state index contributed by atoms with van der Waals surface area (Å²) in [6, 6.07) is 7.31. The Morgan fingerprint density at radius 2 is 2.20 bits per heavy atom. The number of amides is 1. The van der Waals surface area contributed by atoms with E-state index in [9.17, 15) is 4.79 Å². The van der Waals surface area contributed by atoms with E-state index in [0.29, 0.717) is 17.2 Å². The molecule has 0 aliphatic carbocycles. The number of carbonyl (C=O) groups is 1. The summed E-state index contributed by atoms with van der Waals surface area (Å²) >= 11 is 0. The van der Waals surface area contributed by atoms with E-state index in [1.165, 1.54) is 6.33 Å². The van der Waals surface area contributed by atoms with Crippen LogP contribution in [0.3, 0.4) is 0 Å². The van der Waals surface area contributed by atoms with Crippen LogP contribution in [0.4, 0.5) is 0 Å². The molecule has 0 radical (unpaired) electrons. The van der Waals surface area contributed by atoms with Crippen LogP contribution in [0.25, 0.3) is 0 Å². The number of para-hydroxylation sites is 1. The van der Waals surface area contributed by atoms with Crippen LogP contribution in [-0.4, -0.2) is 45.8 Å². The van der Waals surface area contributed by atoms with E-state index in [-0.39, 0.29) is 5.91 Å². The maximum Gasteiger partial charge on any atom is 0.257 e. The lowest BCUT2D eigenvalue weighted by Gasteiger charge is -2.39. The molecule has 2 heterocycles. The van der Waals surface area contributed by atoms with E-state index in [4.69, 9.17) is 4.74 Å². The molecule has 0 unspecified atom stereocenters. The zero-order valence-electron chi connectivity index (χ0n) is 11.3. The lowest BCUT2D eigenvalue weighted by molar-refractivity contribution is 0.0458. The highest BCUT2D eigenvalue weighted by atomic mass is 16.5. The summed E-state index contributed by atoms with van der Waals surface area (Å²) in [6.07, 6.45) is 3.22. The Labute approximate surface area is 117 Å². The van der Waals surface area contributed by atoms with Gasteiger partial charge in [-0.15, -0.1) is 0 Å². The number of ether oxygens (including phenoxy) is 1. The molecule has 6 nitrogen and oxygen atoms in total. The highest BCUT2D eigenvalue weighted by Gasteiger charge is 2.32. The van der Waals surface area contributed by atoms with Crippen molar-refractivity contribution in [3.63, 3.8) is 0 Å². The molecule has 0 atom stereocenters. The van der Waals surface area contributed by atoms with Crippen LogP contribution >= 0.6 is 0 Å². The average Bonchev–Trinajstić information content (AvgIpc) is 2.94. The molecule has 20 heavy (non-hydrogen) atoms. The Bertz CT molecular complexity index is 591. The summed E-state index contributed by atoms with van der Waals surface area (Å²) < 4.78 is 7.03. The Morgan fingerprint density at radius 1 is 1.40 bits per heavy atom. The van der Waals surface area contributed by atoms with Gasteiger partial charge in [0.15, 0.2) is 0 Å². The number of benzene rings is 1. The predicted octanol–water partition coefficient (Wildman–Crippen LogP) is 1.06. The molecular formula is C14H16N4O2. The third-order valence-electron chi connectivity index (χ3n) is 3.49. The number of carbonyl (C=O) groups excluding carboxylic acids is 1. The average molecular weight is 272 g/mol. The first-order valence-electron chi connectivity index (χ1n) is 6.52. The van der Waals surface area contributed by atoms with Crippen LogP contribution < -0.4 is 4.74 Å². The standard InChI is InChI=1S/C14H16N4O2/c1-20-13-5-3-2-4-12(13)14(19)17-6-11(7-17)8-18-10-15-9-16-18/h2-5,9-11H,6-8H2,1H3. The molecule has 1 amide bonds. The molecule has 0 spiro atoms. The van der Waals surface area contributed by atoms with E-state index >= 15 is 0 Å². The number of aromatic nitrogens is 3. The predicted molar refractivity (Wildman–Crippen MR) is 72.4 cm³/mol. The van der Waals surface area contributed by atoms with Gasteiger partial charge in [0.1, 0.15) is 18.4 Å². The molecule has 104 valence electrons. The third-order valence-corrected chi connectivity index (χ3v) is 3.49. The lowest BCUT2D eigenvalue weighted by Crippen LogP contribution is -2.51. The molecule has 1 aromatic heterocycles. The molecule has 0 bridgehead atoms. The molecular weight excluding hydrogens is 256 g/mol. The second-order valence-electron chi connectivity index (χ2n) is 4.89. The summed E-state index contributed by atoms with van der Waals surface area (Å²) in [4.78, 5) is 18.1. The number of likely N-dealkylation sites (tertiary alicyclic amines) is 1. The monoisotopic (exact) mass is 272 g/mol. The van der Waals surface area contributed by atoms with E-state index < -0.39 is 0 Å². The first-order chi connectivity index (χ1) is 9.78. The minimum atomic E-state index is 0.0253. The maximum atomic E-state index is 12.4. The van der Waals surface area contributed by atoms with Gasteiger partial charge in [0.25, 0.3) is 5.91 Å². The molecule has 1 aromatic carbocycles. The quantitative estimate of drug-likeness (QED) is 0.835. The molecule has 3 rings (SSSR count). The van der Waals surface area contributed by atoms with E-state index in [2.05, 4.69) is 10.1 Å². The number of methoxy groups -OCH3 is 1. The third kappa shape index (κ3) is 2.36. The van der Waals surface area contributed by atoms with Gasteiger partial charge in [0.05, 0.1) is 12.7 Å². The number of hydrogen-bond donors (Lipinski definition) is 0. The Kier molecular flexibility index (Phi) is 3.37. The minimum absolute atomic E-state index is 0.0253. The van der Waals surface area contributed by atoms with Gasteiger partial charge in [-0.25, -0.2) is 4.98 Å². The Morgan fingerprint density at radius 3 is 2.90 bits per heavy atom. The maximum absolute atomic E-state index is 12.4. The van der Waals surface area contributed by atoms with Gasteiger partial charge in [0.2, 0.25) is 0 Å². The van der Waals surface area contributed by atoms with Crippen molar-refractivity contribution < 1.29 is 9.53 Å². The van der Waals surface area contributed by atoms with Crippen molar-refractivity contribution in [2.75, 3.05) is 20.2 Å². The summed E-state index contributed by atoms with van der Waals surface area (Å²) in [5.74, 6) is 1.09. The largest absolute Gasteiger partial charge is 0.496 e. The zero-order chi connectivity index (χ0) is 13.9. The van der Waals surface area contributed by atoms with Gasteiger partial charge >= 0.3 is 0 Å². The zero-order valence-corrected chi connectivity index (χ0v) is 11.3. The molecule has 1 fully saturated rings. The molecule has 2 aromatic rings. The highest BCUT2D eigenvalue weighted by molar-refractivity contribution is 5.97. The smallest absolute Gasteiger partial charge is 0.257 e. The fourth-order valence-corrected chi connectivity index (χ4v) is 2.43. The minimum Gasteiger partial charge on any atom is -0.496 e. The van der Waals surface area contributed by atoms with E-state index in [1.54, 1.807) is 30.3 Å². The fourth-order valence-electron chi connectivity index (χ4n) is 2.43. The summed E-state index contributed by atoms with van der Waals surface area (Å²) in [5.41, 5.74) is 0.620. The topological polar surface area (TPSA) is 60.2 Å². The van der Waals surface area contributed by atoms with Crippen molar-refractivity contribution in [1.29, 1.82) is 0 Å². The summed E-state index contributed by atoms with van der Waals surface area (Å²) in [7, 11) is 1.58. The summed E-state index contributed by atoms with van der Waals surface area (Å²) in [6.45, 7) is 2.29. The number of nitrogens with zero attached hydrogens (tertiary/aromatic N) is 4. The van der Waals surface area contributed by atoms with Gasteiger partial charge in [-0.1, -0.05) is 12.1 Å². The second kappa shape index (κ2) is 5.32. The normalized spacial score (nSPS) is 14.9. The first kappa shape index (κ1) is 12.7. The molecule has 1 aliphatic rings. The lowest BCUT2D eigenvalue weighted by atomic mass is 9.98. The van der Waals surface area contributed by atoms with Crippen molar-refractivity contribution in [2.45, 2.75) is 6.54 Å². The Balaban J connectivity index is 1.60. The van der Waals surface area contributed by atoms with Crippen LogP contribution in [0.5, 0.6) is 5.75 Å². The van der Waals surface area contributed by atoms with Crippen molar-refractivity contribution in [3.8, 4) is 5.75 Å². The van der Waals surface area contributed by atoms with Gasteiger partial charge < -0.3 is 9.64 Å². The Hall–Kier alpha value is -2.37. The molecule has 6 heteroatoms. The van der Waals surface area contributed by atoms with E-state index in [1.807, 2.05) is 17.0 Å². The first-order valence-corrected chi connectivity index (χ1v) is 6.52. The second-order valence-corrected chi connectivity index (χ2v) is 4.89. The van der Waals surface area contributed by atoms with Crippen LogP contribution in [0.1, 0.15) is 10.4 Å². The fraction of sp³-hybridized carbons (Fsp3) is 0.357. The van der Waals surface area contributed by atoms with Gasteiger partial charge in [-0.2, -0.15) is 5.10 Å². The van der Waals surface area contributed by atoms with Gasteiger partial charge in [-0.05, 0) is 12.1 Å². The van der Waals surface area contributed by atoms with Crippen LogP contribution in [-0.2, 0) is 6.54 Å². The van der Waals surface area contributed by atoms with Crippen LogP contribution in [0.15, 0.2) is 36.9 Å². The van der Waals surface area contributed by atoms with Crippen LogP contribution in [0, 0.1) is 5.92 Å². The molecule has 1 saturated heterocycles. The molecule has 1 aliphatic heterocycles. The van der Waals surface area contributed by atoms with Crippen molar-refractivity contribution >= 4 is 5.91 Å². The van der Waals surface area contributed by atoms with Crippen molar-refractivity contribution in [2.24, 2.45) is 5.92 Å².